The van der Waals surface area contributed by atoms with Crippen molar-refractivity contribution in [2.75, 3.05) is 18.0 Å². The highest BCUT2D eigenvalue weighted by molar-refractivity contribution is 6.45. The Morgan fingerprint density at radius 1 is 0.931 bits per heavy atom. The second kappa shape index (κ2) is 7.64. The lowest BCUT2D eigenvalue weighted by Crippen LogP contribution is -2.42. The molecule has 0 N–H and O–H groups in total. The van der Waals surface area contributed by atoms with Crippen molar-refractivity contribution >= 4 is 34.7 Å². The number of hydrogen-bond acceptors (Lipinski definition) is 3. The lowest BCUT2D eigenvalue weighted by Gasteiger charge is -2.37. The average molecular weight is 413 g/mol. The molecule has 29 heavy (non-hydrogen) atoms. The number of hydrogen-bond donors (Lipinski definition) is 0. The summed E-state index contributed by atoms with van der Waals surface area (Å²) < 4.78 is 14.5. The summed E-state index contributed by atoms with van der Waals surface area (Å²) >= 11 is 6.01. The van der Waals surface area contributed by atoms with E-state index in [4.69, 9.17) is 11.6 Å². The van der Waals surface area contributed by atoms with E-state index in [1.54, 1.807) is 30.3 Å². The Morgan fingerprint density at radius 2 is 1.55 bits per heavy atom. The number of halogens is 2. The molecule has 2 aliphatic rings. The molecule has 150 valence electrons. The van der Waals surface area contributed by atoms with E-state index >= 15 is 0 Å². The number of benzene rings is 2. The Bertz CT molecular complexity index is 992. The predicted octanol–water partition coefficient (Wildman–Crippen LogP) is 4.74. The molecule has 2 aromatic rings. The first kappa shape index (κ1) is 19.6. The van der Waals surface area contributed by atoms with Gasteiger partial charge in [-0.15, -0.1) is 0 Å². The SMILES string of the molecule is CC1CC(C)CN(C2=C(c3ccc(Cl)cc3)C(=O)N(c3ccccc3F)C2=O)C1. The Balaban J connectivity index is 1.85. The van der Waals surface area contributed by atoms with Crippen LogP contribution in [0.2, 0.25) is 5.02 Å². The highest BCUT2D eigenvalue weighted by atomic mass is 35.5. The van der Waals surface area contributed by atoms with Gasteiger partial charge in [-0.05, 0) is 48.1 Å². The molecule has 0 aliphatic carbocycles. The van der Waals surface area contributed by atoms with Gasteiger partial charge in [-0.3, -0.25) is 9.59 Å². The molecule has 2 aromatic carbocycles. The van der Waals surface area contributed by atoms with Gasteiger partial charge in [0.1, 0.15) is 11.5 Å². The Morgan fingerprint density at radius 3 is 2.17 bits per heavy atom. The fourth-order valence-electron chi connectivity index (χ4n) is 4.39. The van der Waals surface area contributed by atoms with Gasteiger partial charge < -0.3 is 4.90 Å². The van der Waals surface area contributed by atoms with E-state index in [0.29, 0.717) is 46.8 Å². The number of carbonyl (C=O) groups is 2. The van der Waals surface area contributed by atoms with Crippen LogP contribution in [0.15, 0.2) is 54.2 Å². The molecule has 2 unspecified atom stereocenters. The highest BCUT2D eigenvalue weighted by Crippen LogP contribution is 2.38. The number of carbonyl (C=O) groups excluding carboxylic acids is 2. The number of para-hydroxylation sites is 1. The molecular weight excluding hydrogens is 391 g/mol. The minimum atomic E-state index is -0.605. The maximum absolute atomic E-state index is 14.5. The number of rotatable bonds is 3. The van der Waals surface area contributed by atoms with E-state index in [2.05, 4.69) is 13.8 Å². The molecule has 6 heteroatoms. The van der Waals surface area contributed by atoms with Gasteiger partial charge in [0.05, 0.1) is 11.3 Å². The third-order valence-electron chi connectivity index (χ3n) is 5.47. The van der Waals surface area contributed by atoms with Crippen LogP contribution < -0.4 is 4.90 Å². The summed E-state index contributed by atoms with van der Waals surface area (Å²) in [6.45, 7) is 5.64. The second-order valence-corrected chi connectivity index (χ2v) is 8.42. The summed E-state index contributed by atoms with van der Waals surface area (Å²) in [6.07, 6.45) is 1.07. The molecule has 4 nitrogen and oxygen atoms in total. The molecule has 2 heterocycles. The smallest absolute Gasteiger partial charge is 0.282 e. The molecule has 4 rings (SSSR count). The predicted molar refractivity (Wildman–Crippen MR) is 112 cm³/mol. The molecule has 0 radical (unpaired) electrons. The van der Waals surface area contributed by atoms with Crippen LogP contribution in [0.1, 0.15) is 25.8 Å². The summed E-state index contributed by atoms with van der Waals surface area (Å²) in [5.41, 5.74) is 1.23. The molecule has 1 fully saturated rings. The summed E-state index contributed by atoms with van der Waals surface area (Å²) in [4.78, 5) is 29.8. The Labute approximate surface area is 174 Å². The van der Waals surface area contributed by atoms with Crippen LogP contribution in [0.25, 0.3) is 5.57 Å². The van der Waals surface area contributed by atoms with Crippen molar-refractivity contribution in [1.29, 1.82) is 0 Å². The van der Waals surface area contributed by atoms with Crippen molar-refractivity contribution < 1.29 is 14.0 Å². The minimum absolute atomic E-state index is 0.0259. The van der Waals surface area contributed by atoms with E-state index in [9.17, 15) is 14.0 Å². The number of likely N-dealkylation sites (tertiary alicyclic amines) is 1. The van der Waals surface area contributed by atoms with E-state index in [0.717, 1.165) is 11.3 Å². The van der Waals surface area contributed by atoms with Crippen molar-refractivity contribution in [2.24, 2.45) is 11.8 Å². The van der Waals surface area contributed by atoms with Gasteiger partial charge in [-0.2, -0.15) is 0 Å². The van der Waals surface area contributed by atoms with E-state index in [1.807, 2.05) is 4.90 Å². The first-order valence-electron chi connectivity index (χ1n) is 9.75. The topological polar surface area (TPSA) is 40.6 Å². The first-order chi connectivity index (χ1) is 13.9. The van der Waals surface area contributed by atoms with Gasteiger partial charge in [0.15, 0.2) is 0 Å². The van der Waals surface area contributed by atoms with E-state index in [-0.39, 0.29) is 5.69 Å². The number of amides is 2. The monoisotopic (exact) mass is 412 g/mol. The fraction of sp³-hybridized carbons (Fsp3) is 0.304. The lowest BCUT2D eigenvalue weighted by atomic mass is 9.91. The van der Waals surface area contributed by atoms with Crippen LogP contribution >= 0.6 is 11.6 Å². The lowest BCUT2D eigenvalue weighted by molar-refractivity contribution is -0.121. The zero-order valence-corrected chi connectivity index (χ0v) is 17.1. The highest BCUT2D eigenvalue weighted by Gasteiger charge is 2.44. The van der Waals surface area contributed by atoms with Crippen LogP contribution in [-0.4, -0.2) is 29.8 Å². The normalized spacial score (nSPS) is 22.6. The molecule has 2 atom stereocenters. The largest absolute Gasteiger partial charge is 0.366 e. The minimum Gasteiger partial charge on any atom is -0.366 e. The van der Waals surface area contributed by atoms with E-state index < -0.39 is 17.6 Å². The van der Waals surface area contributed by atoms with Crippen molar-refractivity contribution in [3.63, 3.8) is 0 Å². The van der Waals surface area contributed by atoms with Gasteiger partial charge in [-0.25, -0.2) is 9.29 Å². The molecule has 0 saturated carbocycles. The van der Waals surface area contributed by atoms with Gasteiger partial charge in [0, 0.05) is 18.1 Å². The average Bonchev–Trinajstić information content (AvgIpc) is 2.93. The number of imide groups is 1. The van der Waals surface area contributed by atoms with Crippen molar-refractivity contribution in [2.45, 2.75) is 20.3 Å². The van der Waals surface area contributed by atoms with Crippen LogP contribution in [-0.2, 0) is 9.59 Å². The molecule has 0 spiro atoms. The molecule has 1 saturated heterocycles. The standard InChI is InChI=1S/C23H22ClFN2O2/c1-14-11-15(2)13-26(12-14)21-20(16-7-9-17(24)10-8-16)22(28)27(23(21)29)19-6-4-3-5-18(19)25/h3-10,14-15H,11-13H2,1-2H3. The molecule has 2 amide bonds. The molecular formula is C23H22ClFN2O2. The summed E-state index contributed by atoms with van der Waals surface area (Å²) in [5.74, 6) is -0.813. The fourth-order valence-corrected chi connectivity index (χ4v) is 4.51. The summed E-state index contributed by atoms with van der Waals surface area (Å²) in [5, 5.41) is 0.541. The maximum Gasteiger partial charge on any atom is 0.282 e. The van der Waals surface area contributed by atoms with Crippen LogP contribution in [0, 0.1) is 17.7 Å². The van der Waals surface area contributed by atoms with E-state index in [1.165, 1.54) is 18.2 Å². The third-order valence-corrected chi connectivity index (χ3v) is 5.72. The van der Waals surface area contributed by atoms with Gasteiger partial charge in [-0.1, -0.05) is 49.7 Å². The van der Waals surface area contributed by atoms with Gasteiger partial charge >= 0.3 is 0 Å². The Hall–Kier alpha value is -2.66. The van der Waals surface area contributed by atoms with Crippen LogP contribution in [0.5, 0.6) is 0 Å². The van der Waals surface area contributed by atoms with Gasteiger partial charge in [0.25, 0.3) is 11.8 Å². The number of anilines is 1. The van der Waals surface area contributed by atoms with Gasteiger partial charge in [0.2, 0.25) is 0 Å². The molecule has 0 aromatic heterocycles. The zero-order valence-electron chi connectivity index (χ0n) is 16.4. The van der Waals surface area contributed by atoms with Crippen LogP contribution in [0.3, 0.4) is 0 Å². The van der Waals surface area contributed by atoms with Crippen molar-refractivity contribution in [3.05, 3.63) is 70.6 Å². The quantitative estimate of drug-likeness (QED) is 0.683. The molecule has 2 aliphatic heterocycles. The number of piperidine rings is 1. The first-order valence-corrected chi connectivity index (χ1v) is 10.1. The van der Waals surface area contributed by atoms with Crippen molar-refractivity contribution in [1.82, 2.24) is 4.90 Å². The zero-order chi connectivity index (χ0) is 20.7. The summed E-state index contributed by atoms with van der Waals surface area (Å²) in [6, 6.07) is 12.7. The molecule has 0 bridgehead atoms. The van der Waals surface area contributed by atoms with Crippen molar-refractivity contribution in [3.8, 4) is 0 Å². The summed E-state index contributed by atoms with van der Waals surface area (Å²) in [7, 11) is 0. The second-order valence-electron chi connectivity index (χ2n) is 7.98. The Kier molecular flexibility index (Phi) is 5.17. The van der Waals surface area contributed by atoms with Crippen LogP contribution in [0.4, 0.5) is 10.1 Å². The number of nitrogens with zero attached hydrogens (tertiary/aromatic N) is 2. The third kappa shape index (κ3) is 3.55. The maximum atomic E-state index is 14.5.